The smallest absolute Gasteiger partial charge is 0.0113 e. The van der Waals surface area contributed by atoms with E-state index < -0.39 is 0 Å². The van der Waals surface area contributed by atoms with E-state index in [2.05, 4.69) is 12.2 Å². The predicted molar refractivity (Wildman–Crippen MR) is 64.8 cm³/mol. The normalized spacial score (nSPS) is 38.9. The number of hydrogen-bond acceptors (Lipinski definition) is 0. The first-order valence-corrected chi connectivity index (χ1v) is 7.01. The van der Waals surface area contributed by atoms with E-state index in [-0.39, 0.29) is 0 Å². The van der Waals surface area contributed by atoms with Gasteiger partial charge in [-0.05, 0) is 62.2 Å². The Morgan fingerprint density at radius 2 is 1.47 bits per heavy atom. The molecular weight excluding hydrogens is 180 g/mol. The van der Waals surface area contributed by atoms with Crippen LogP contribution in [0.5, 0.6) is 0 Å². The van der Waals surface area contributed by atoms with Gasteiger partial charge in [-0.15, -0.1) is 0 Å². The third-order valence-corrected chi connectivity index (χ3v) is 5.29. The fourth-order valence-electron chi connectivity index (χ4n) is 4.64. The molecule has 2 saturated carbocycles. The summed E-state index contributed by atoms with van der Waals surface area (Å²) >= 11 is 0. The van der Waals surface area contributed by atoms with Gasteiger partial charge < -0.3 is 0 Å². The topological polar surface area (TPSA) is 0 Å². The zero-order valence-corrected chi connectivity index (χ0v) is 9.93. The van der Waals surface area contributed by atoms with Gasteiger partial charge in [0.25, 0.3) is 0 Å². The average Bonchev–Trinajstić information content (AvgIpc) is 2.67. The molecule has 0 nitrogen and oxygen atoms in total. The molecule has 0 heteroatoms. The second-order valence-corrected chi connectivity index (χ2v) is 6.39. The average molecular weight is 204 g/mol. The fraction of sp³-hybridized carbons (Fsp3) is 0.867. The Hall–Kier alpha value is -0.260. The molecule has 0 N–H and O–H groups in total. The predicted octanol–water partition coefficient (Wildman–Crippen LogP) is 4.85. The molecule has 2 spiro atoms. The maximum atomic E-state index is 2.61. The summed E-state index contributed by atoms with van der Waals surface area (Å²) in [5.41, 5.74) is 1.45. The third-order valence-electron chi connectivity index (χ3n) is 5.29. The van der Waals surface area contributed by atoms with Crippen molar-refractivity contribution in [3.63, 3.8) is 0 Å². The number of hydrogen-bond donors (Lipinski definition) is 0. The molecule has 0 radical (unpaired) electrons. The van der Waals surface area contributed by atoms with Crippen molar-refractivity contribution in [2.24, 2.45) is 10.8 Å². The maximum Gasteiger partial charge on any atom is -0.0113 e. The van der Waals surface area contributed by atoms with Crippen LogP contribution in [-0.4, -0.2) is 0 Å². The minimum atomic E-state index is 0.654. The molecule has 0 aliphatic heterocycles. The summed E-state index contributed by atoms with van der Waals surface area (Å²) in [6.45, 7) is 0. The zero-order valence-electron chi connectivity index (χ0n) is 9.93. The molecule has 0 saturated heterocycles. The first-order chi connectivity index (χ1) is 7.33. The van der Waals surface area contributed by atoms with Crippen molar-refractivity contribution in [3.8, 4) is 0 Å². The van der Waals surface area contributed by atoms with Gasteiger partial charge in [0.2, 0.25) is 0 Å². The summed E-state index contributed by atoms with van der Waals surface area (Å²) in [5.74, 6) is 0. The van der Waals surface area contributed by atoms with Gasteiger partial charge in [-0.2, -0.15) is 0 Å². The molecule has 2 fully saturated rings. The molecule has 3 rings (SSSR count). The van der Waals surface area contributed by atoms with Crippen LogP contribution in [0.2, 0.25) is 0 Å². The van der Waals surface area contributed by atoms with Gasteiger partial charge in [0.05, 0.1) is 0 Å². The minimum Gasteiger partial charge on any atom is -0.0880 e. The van der Waals surface area contributed by atoms with E-state index >= 15 is 0 Å². The van der Waals surface area contributed by atoms with Crippen molar-refractivity contribution in [2.75, 3.05) is 0 Å². The summed E-state index contributed by atoms with van der Waals surface area (Å²) in [7, 11) is 0. The summed E-state index contributed by atoms with van der Waals surface area (Å²) in [5, 5.41) is 0. The Balaban J connectivity index is 1.80. The molecule has 0 amide bonds. The maximum absolute atomic E-state index is 2.61. The number of rotatable bonds is 0. The number of allylic oxidation sites excluding steroid dienone is 2. The van der Waals surface area contributed by atoms with Crippen LogP contribution in [0.25, 0.3) is 0 Å². The minimum absolute atomic E-state index is 0.654. The molecule has 0 aromatic heterocycles. The molecule has 3 aliphatic rings. The molecule has 0 aromatic carbocycles. The summed E-state index contributed by atoms with van der Waals surface area (Å²) in [6, 6.07) is 0. The van der Waals surface area contributed by atoms with Gasteiger partial charge in [-0.3, -0.25) is 0 Å². The van der Waals surface area contributed by atoms with E-state index in [0.29, 0.717) is 5.41 Å². The molecule has 3 aliphatic carbocycles. The van der Waals surface area contributed by atoms with Crippen molar-refractivity contribution in [2.45, 2.75) is 70.6 Å². The SMILES string of the molecule is C1=CC2(CCC1)CCCC1(CCCC1)C2. The Labute approximate surface area is 94.1 Å². The summed E-state index contributed by atoms with van der Waals surface area (Å²) < 4.78 is 0. The van der Waals surface area contributed by atoms with Gasteiger partial charge in [0.1, 0.15) is 0 Å². The first-order valence-electron chi connectivity index (χ1n) is 7.01. The van der Waals surface area contributed by atoms with Crippen molar-refractivity contribution in [3.05, 3.63) is 12.2 Å². The van der Waals surface area contributed by atoms with Gasteiger partial charge in [-0.25, -0.2) is 0 Å². The van der Waals surface area contributed by atoms with Crippen LogP contribution in [0.3, 0.4) is 0 Å². The van der Waals surface area contributed by atoms with Gasteiger partial charge in [-0.1, -0.05) is 31.4 Å². The zero-order chi connectivity index (χ0) is 10.2. The second kappa shape index (κ2) is 3.64. The summed E-state index contributed by atoms with van der Waals surface area (Å²) in [4.78, 5) is 0. The van der Waals surface area contributed by atoms with Crippen LogP contribution in [0.1, 0.15) is 70.6 Å². The van der Waals surface area contributed by atoms with E-state index in [1.807, 2.05) is 0 Å². The lowest BCUT2D eigenvalue weighted by Crippen LogP contribution is -2.34. The third kappa shape index (κ3) is 1.77. The van der Waals surface area contributed by atoms with E-state index in [4.69, 9.17) is 0 Å². The highest BCUT2D eigenvalue weighted by molar-refractivity contribution is 5.09. The van der Waals surface area contributed by atoms with Gasteiger partial charge in [0.15, 0.2) is 0 Å². The molecule has 1 unspecified atom stereocenters. The van der Waals surface area contributed by atoms with E-state index in [9.17, 15) is 0 Å². The lowest BCUT2D eigenvalue weighted by atomic mass is 9.58. The molecule has 15 heavy (non-hydrogen) atoms. The molecule has 1 atom stereocenters. The largest absolute Gasteiger partial charge is 0.0880 e. The van der Waals surface area contributed by atoms with Crippen molar-refractivity contribution >= 4 is 0 Å². The quantitative estimate of drug-likeness (QED) is 0.495. The first kappa shape index (κ1) is 9.93. The Morgan fingerprint density at radius 3 is 2.20 bits per heavy atom. The fourth-order valence-corrected chi connectivity index (χ4v) is 4.64. The van der Waals surface area contributed by atoms with Crippen LogP contribution in [0, 0.1) is 10.8 Å². The van der Waals surface area contributed by atoms with Crippen molar-refractivity contribution in [1.29, 1.82) is 0 Å². The van der Waals surface area contributed by atoms with Crippen molar-refractivity contribution < 1.29 is 0 Å². The van der Waals surface area contributed by atoms with E-state index in [1.165, 1.54) is 51.4 Å². The van der Waals surface area contributed by atoms with Crippen LogP contribution in [-0.2, 0) is 0 Å². The van der Waals surface area contributed by atoms with Gasteiger partial charge in [0, 0.05) is 0 Å². The molecule has 84 valence electrons. The molecule has 0 heterocycles. The van der Waals surface area contributed by atoms with Crippen LogP contribution >= 0.6 is 0 Å². The van der Waals surface area contributed by atoms with E-state index in [1.54, 1.807) is 19.3 Å². The Morgan fingerprint density at radius 1 is 0.733 bits per heavy atom. The molecular formula is C15H24. The highest BCUT2D eigenvalue weighted by atomic mass is 14.5. The highest BCUT2D eigenvalue weighted by Crippen LogP contribution is 2.57. The van der Waals surface area contributed by atoms with Crippen LogP contribution in [0.4, 0.5) is 0 Å². The van der Waals surface area contributed by atoms with Crippen molar-refractivity contribution in [1.82, 2.24) is 0 Å². The standard InChI is InChI=1S/C15H24/c1-2-7-14(8-3-1)11-6-12-15(13-14)9-4-5-10-15/h2,7H,1,3-6,8-13H2. The monoisotopic (exact) mass is 204 g/mol. The Bertz CT molecular complexity index is 257. The lowest BCUT2D eigenvalue weighted by molar-refractivity contribution is 0.0847. The highest BCUT2D eigenvalue weighted by Gasteiger charge is 2.44. The molecule has 0 bridgehead atoms. The van der Waals surface area contributed by atoms with Crippen LogP contribution < -0.4 is 0 Å². The lowest BCUT2D eigenvalue weighted by Gasteiger charge is -2.46. The molecule has 0 aromatic rings. The van der Waals surface area contributed by atoms with E-state index in [0.717, 1.165) is 5.41 Å². The summed E-state index contributed by atoms with van der Waals surface area (Å²) in [6.07, 6.45) is 21.6. The van der Waals surface area contributed by atoms with Crippen LogP contribution in [0.15, 0.2) is 12.2 Å². The Kier molecular flexibility index (Phi) is 2.41. The second-order valence-electron chi connectivity index (χ2n) is 6.39. The van der Waals surface area contributed by atoms with Gasteiger partial charge >= 0.3 is 0 Å².